The molecule has 0 bridgehead atoms. The number of likely N-dealkylation sites (tertiary alicyclic amines) is 1. The molecular formula is C22H35N3O2S. The molecule has 1 unspecified atom stereocenters. The Kier molecular flexibility index (Phi) is 7.31. The minimum Gasteiger partial charge on any atom is -0.311 e. The standard InChI is InChI=1S/C22H35N3O2S/c1-4-19(14-18-8-6-5-7-9-18)21-15-22(21)23-20-10-12-25(13-11-20)16-17(2)24-28(3,26)27/h5-9,14,17,20-24H,4,10-13,15-16H2,1-3H3/b19-14+/t17?,21-,22+/m1/s1. The van der Waals surface area contributed by atoms with E-state index in [4.69, 9.17) is 0 Å². The van der Waals surface area contributed by atoms with Crippen molar-refractivity contribution in [2.24, 2.45) is 5.92 Å². The van der Waals surface area contributed by atoms with Gasteiger partial charge in [-0.2, -0.15) is 0 Å². The molecule has 156 valence electrons. The molecule has 0 radical (unpaired) electrons. The van der Waals surface area contributed by atoms with Crippen LogP contribution in [-0.4, -0.2) is 57.3 Å². The summed E-state index contributed by atoms with van der Waals surface area (Å²) in [7, 11) is -3.13. The van der Waals surface area contributed by atoms with Crippen molar-refractivity contribution in [3.05, 3.63) is 41.5 Å². The molecule has 1 aliphatic carbocycles. The molecule has 0 amide bonds. The van der Waals surface area contributed by atoms with Crippen LogP contribution >= 0.6 is 0 Å². The van der Waals surface area contributed by atoms with E-state index in [9.17, 15) is 8.42 Å². The van der Waals surface area contributed by atoms with Gasteiger partial charge in [0.2, 0.25) is 10.0 Å². The van der Waals surface area contributed by atoms with Gasteiger partial charge in [0.1, 0.15) is 0 Å². The highest BCUT2D eigenvalue weighted by molar-refractivity contribution is 7.88. The van der Waals surface area contributed by atoms with Crippen LogP contribution in [0.2, 0.25) is 0 Å². The SMILES string of the molecule is CC/C(=C\c1ccccc1)[C@H]1C[C@@H]1NC1CCN(CC(C)NS(C)(=O)=O)CC1. The van der Waals surface area contributed by atoms with Crippen molar-refractivity contribution >= 4 is 16.1 Å². The van der Waals surface area contributed by atoms with Crippen molar-refractivity contribution in [3.63, 3.8) is 0 Å². The van der Waals surface area contributed by atoms with Crippen LogP contribution in [0.15, 0.2) is 35.9 Å². The van der Waals surface area contributed by atoms with Crippen molar-refractivity contribution in [3.8, 4) is 0 Å². The third-order valence-electron chi connectivity index (χ3n) is 5.81. The van der Waals surface area contributed by atoms with Crippen LogP contribution in [0.25, 0.3) is 6.08 Å². The summed E-state index contributed by atoms with van der Waals surface area (Å²) in [6.45, 7) is 7.04. The summed E-state index contributed by atoms with van der Waals surface area (Å²) in [5.74, 6) is 0.683. The Morgan fingerprint density at radius 3 is 2.54 bits per heavy atom. The van der Waals surface area contributed by atoms with Crippen molar-refractivity contribution < 1.29 is 8.42 Å². The van der Waals surface area contributed by atoms with Crippen LogP contribution in [0.1, 0.15) is 45.1 Å². The predicted octanol–water partition coefficient (Wildman–Crippen LogP) is 2.86. The van der Waals surface area contributed by atoms with E-state index in [1.54, 1.807) is 5.57 Å². The van der Waals surface area contributed by atoms with Gasteiger partial charge in [0.25, 0.3) is 0 Å². The third-order valence-corrected chi connectivity index (χ3v) is 6.64. The van der Waals surface area contributed by atoms with Crippen LogP contribution in [0.5, 0.6) is 0 Å². The second-order valence-electron chi connectivity index (χ2n) is 8.46. The Hall–Kier alpha value is -1.21. The number of hydrogen-bond acceptors (Lipinski definition) is 4. The molecule has 2 N–H and O–H groups in total. The first-order valence-corrected chi connectivity index (χ1v) is 12.4. The first-order chi connectivity index (χ1) is 13.3. The van der Waals surface area contributed by atoms with Crippen LogP contribution in [-0.2, 0) is 10.0 Å². The number of benzene rings is 1. The molecule has 1 aliphatic heterocycles. The number of nitrogens with one attached hydrogen (secondary N) is 2. The van der Waals surface area contributed by atoms with E-state index < -0.39 is 10.0 Å². The Morgan fingerprint density at radius 1 is 1.25 bits per heavy atom. The fraction of sp³-hybridized carbons (Fsp3) is 0.636. The smallest absolute Gasteiger partial charge is 0.208 e. The van der Waals surface area contributed by atoms with Crippen LogP contribution < -0.4 is 10.0 Å². The Balaban J connectivity index is 1.42. The molecule has 3 rings (SSSR count). The molecule has 1 aromatic rings. The van der Waals surface area contributed by atoms with Crippen LogP contribution in [0.4, 0.5) is 0 Å². The second-order valence-corrected chi connectivity index (χ2v) is 10.2. The van der Waals surface area contributed by atoms with Crippen molar-refractivity contribution in [2.75, 3.05) is 25.9 Å². The van der Waals surface area contributed by atoms with Gasteiger partial charge in [-0.1, -0.05) is 48.9 Å². The van der Waals surface area contributed by atoms with E-state index in [1.165, 1.54) is 18.2 Å². The molecule has 0 aromatic heterocycles. The van der Waals surface area contributed by atoms with E-state index in [0.29, 0.717) is 18.0 Å². The van der Waals surface area contributed by atoms with Gasteiger partial charge in [0.15, 0.2) is 0 Å². The number of rotatable bonds is 9. The zero-order valence-electron chi connectivity index (χ0n) is 17.4. The fourth-order valence-corrected chi connectivity index (χ4v) is 5.20. The van der Waals surface area contributed by atoms with Gasteiger partial charge in [-0.05, 0) is 57.2 Å². The lowest BCUT2D eigenvalue weighted by atomic mass is 10.0. The first-order valence-electron chi connectivity index (χ1n) is 10.5. The molecule has 5 nitrogen and oxygen atoms in total. The Bertz CT molecular complexity index is 755. The summed E-state index contributed by atoms with van der Waals surface area (Å²) in [5.41, 5.74) is 2.86. The molecular weight excluding hydrogens is 370 g/mol. The molecule has 1 saturated heterocycles. The molecule has 3 atom stereocenters. The Labute approximate surface area is 170 Å². The van der Waals surface area contributed by atoms with E-state index in [1.807, 2.05) is 6.92 Å². The summed E-state index contributed by atoms with van der Waals surface area (Å²) in [6, 6.07) is 11.8. The number of hydrogen-bond donors (Lipinski definition) is 2. The third kappa shape index (κ3) is 6.69. The molecule has 1 heterocycles. The van der Waals surface area contributed by atoms with Gasteiger partial charge in [0, 0.05) is 24.7 Å². The lowest BCUT2D eigenvalue weighted by Gasteiger charge is -2.34. The lowest BCUT2D eigenvalue weighted by Crippen LogP contribution is -2.48. The van der Waals surface area contributed by atoms with Crippen LogP contribution in [0.3, 0.4) is 0 Å². The lowest BCUT2D eigenvalue weighted by molar-refractivity contribution is 0.186. The molecule has 28 heavy (non-hydrogen) atoms. The highest BCUT2D eigenvalue weighted by Gasteiger charge is 2.40. The van der Waals surface area contributed by atoms with E-state index >= 15 is 0 Å². The Morgan fingerprint density at radius 2 is 1.93 bits per heavy atom. The summed E-state index contributed by atoms with van der Waals surface area (Å²) in [6.07, 6.45) is 8.23. The molecule has 1 aromatic carbocycles. The molecule has 2 fully saturated rings. The molecule has 1 saturated carbocycles. The quantitative estimate of drug-likeness (QED) is 0.663. The average molecular weight is 406 g/mol. The van der Waals surface area contributed by atoms with Gasteiger partial charge in [-0.25, -0.2) is 13.1 Å². The molecule has 2 aliphatic rings. The highest BCUT2D eigenvalue weighted by atomic mass is 32.2. The predicted molar refractivity (Wildman–Crippen MR) is 117 cm³/mol. The van der Waals surface area contributed by atoms with E-state index in [2.05, 4.69) is 58.3 Å². The maximum absolute atomic E-state index is 11.3. The molecule has 0 spiro atoms. The van der Waals surface area contributed by atoms with Gasteiger partial charge in [-0.3, -0.25) is 0 Å². The summed E-state index contributed by atoms with van der Waals surface area (Å²) < 4.78 is 25.4. The molecule has 6 heteroatoms. The summed E-state index contributed by atoms with van der Waals surface area (Å²) in [4.78, 5) is 2.37. The first kappa shape index (κ1) is 21.5. The van der Waals surface area contributed by atoms with Gasteiger partial charge in [-0.15, -0.1) is 0 Å². The van der Waals surface area contributed by atoms with Crippen molar-refractivity contribution in [1.82, 2.24) is 14.9 Å². The fourth-order valence-electron chi connectivity index (χ4n) is 4.40. The number of sulfonamides is 1. The van der Waals surface area contributed by atoms with E-state index in [0.717, 1.165) is 38.9 Å². The van der Waals surface area contributed by atoms with E-state index in [-0.39, 0.29) is 6.04 Å². The minimum atomic E-state index is -3.13. The monoisotopic (exact) mass is 405 g/mol. The zero-order valence-corrected chi connectivity index (χ0v) is 18.2. The maximum atomic E-state index is 11.3. The largest absolute Gasteiger partial charge is 0.311 e. The van der Waals surface area contributed by atoms with Gasteiger partial charge < -0.3 is 10.2 Å². The van der Waals surface area contributed by atoms with Crippen LogP contribution in [0, 0.1) is 5.92 Å². The van der Waals surface area contributed by atoms with Crippen molar-refractivity contribution in [1.29, 1.82) is 0 Å². The summed E-state index contributed by atoms with van der Waals surface area (Å²) in [5, 5.41) is 3.88. The number of piperidine rings is 1. The topological polar surface area (TPSA) is 61.4 Å². The zero-order chi connectivity index (χ0) is 20.1. The van der Waals surface area contributed by atoms with Gasteiger partial charge >= 0.3 is 0 Å². The van der Waals surface area contributed by atoms with Crippen molar-refractivity contribution in [2.45, 2.75) is 57.7 Å². The second kappa shape index (κ2) is 9.53. The average Bonchev–Trinajstić information content (AvgIpc) is 3.39. The summed E-state index contributed by atoms with van der Waals surface area (Å²) >= 11 is 0. The minimum absolute atomic E-state index is 0.0393. The number of nitrogens with zero attached hydrogens (tertiary/aromatic N) is 1. The van der Waals surface area contributed by atoms with Gasteiger partial charge in [0.05, 0.1) is 6.26 Å². The normalized spacial score (nSPS) is 25.6. The highest BCUT2D eigenvalue weighted by Crippen LogP contribution is 2.40. The maximum Gasteiger partial charge on any atom is 0.208 e.